The maximum absolute atomic E-state index is 4.41. The summed E-state index contributed by atoms with van der Waals surface area (Å²) in [5.74, 6) is 0. The molecule has 0 aliphatic heterocycles. The smallest absolute Gasteiger partial charge is 0.203 e. The Morgan fingerprint density at radius 1 is 0.970 bits per heavy atom. The van der Waals surface area contributed by atoms with Crippen molar-refractivity contribution < 1.29 is 4.48 Å². The number of quaternary nitrogens is 1. The van der Waals surface area contributed by atoms with Gasteiger partial charge in [0.05, 0.1) is 57.5 Å². The van der Waals surface area contributed by atoms with E-state index in [1.54, 1.807) is 17.6 Å². The van der Waals surface area contributed by atoms with E-state index >= 15 is 0 Å². The summed E-state index contributed by atoms with van der Waals surface area (Å²) in [5, 5.41) is 13.8. The minimum atomic E-state index is 0.799. The van der Waals surface area contributed by atoms with E-state index < -0.39 is 0 Å². The lowest BCUT2D eigenvalue weighted by atomic mass is 10.2. The first-order chi connectivity index (χ1) is 15.7. The molecule has 2 aromatic carbocycles. The van der Waals surface area contributed by atoms with E-state index in [1.807, 2.05) is 43.3 Å². The fourth-order valence-corrected chi connectivity index (χ4v) is 3.81. The molecule has 0 saturated heterocycles. The summed E-state index contributed by atoms with van der Waals surface area (Å²) >= 11 is 1.60. The number of nitrogens with one attached hydrogen (secondary N) is 1. The van der Waals surface area contributed by atoms with Crippen molar-refractivity contribution in [1.82, 2.24) is 4.98 Å². The van der Waals surface area contributed by atoms with E-state index in [4.69, 9.17) is 0 Å². The van der Waals surface area contributed by atoms with Gasteiger partial charge in [-0.05, 0) is 62.7 Å². The topological polar surface area (TPSA) is 65.2 Å². The van der Waals surface area contributed by atoms with Crippen LogP contribution >= 0.6 is 11.3 Å². The lowest BCUT2D eigenvalue weighted by Crippen LogP contribution is -2.42. The van der Waals surface area contributed by atoms with Crippen LogP contribution in [-0.2, 0) is 0 Å². The predicted octanol–water partition coefficient (Wildman–Crippen LogP) is 6.15. The average Bonchev–Trinajstić information content (AvgIpc) is 3.10. The third kappa shape index (κ3) is 7.76. The molecule has 7 nitrogen and oxygen atoms in total. The van der Waals surface area contributed by atoms with Gasteiger partial charge in [-0.2, -0.15) is 15.3 Å². The van der Waals surface area contributed by atoms with Gasteiger partial charge in [0, 0.05) is 17.1 Å². The second-order valence-corrected chi connectivity index (χ2v) is 10.1. The first-order valence-electron chi connectivity index (χ1n) is 11.1. The van der Waals surface area contributed by atoms with Crippen molar-refractivity contribution in [2.45, 2.75) is 20.8 Å². The number of hydrogen-bond acceptors (Lipinski definition) is 7. The van der Waals surface area contributed by atoms with E-state index in [-0.39, 0.29) is 0 Å². The zero-order valence-electron chi connectivity index (χ0n) is 20.4. The van der Waals surface area contributed by atoms with Crippen molar-refractivity contribution in [3.8, 4) is 0 Å². The largest absolute Gasteiger partial charge is 0.366 e. The van der Waals surface area contributed by atoms with Crippen LogP contribution in [0.1, 0.15) is 23.1 Å². The van der Waals surface area contributed by atoms with Gasteiger partial charge < -0.3 is 9.38 Å². The number of nitrogens with zero attached hydrogens (tertiary/aromatic N) is 6. The van der Waals surface area contributed by atoms with Gasteiger partial charge >= 0.3 is 0 Å². The fourth-order valence-electron chi connectivity index (χ4n) is 3.05. The molecule has 8 heteroatoms. The second-order valence-electron chi connectivity index (χ2n) is 8.93. The van der Waals surface area contributed by atoms with Crippen LogP contribution in [0.4, 0.5) is 22.2 Å². The molecule has 33 heavy (non-hydrogen) atoms. The van der Waals surface area contributed by atoms with E-state index in [9.17, 15) is 0 Å². The predicted molar refractivity (Wildman–Crippen MR) is 141 cm³/mol. The summed E-state index contributed by atoms with van der Waals surface area (Å²) in [7, 11) is 6.66. The Kier molecular flexibility index (Phi) is 8.30. The van der Waals surface area contributed by atoms with Gasteiger partial charge in [0.1, 0.15) is 0 Å². The number of thiazole rings is 1. The van der Waals surface area contributed by atoms with Crippen molar-refractivity contribution in [2.24, 2.45) is 15.3 Å². The molecule has 0 bridgehead atoms. The molecule has 3 aromatic rings. The lowest BCUT2D eigenvalue weighted by molar-refractivity contribution is -0.868. The number of hydrogen-bond donors (Lipinski definition) is 1. The van der Waals surface area contributed by atoms with Gasteiger partial charge in [0.15, 0.2) is 0 Å². The highest BCUT2D eigenvalue weighted by Gasteiger charge is 2.11. The number of benzene rings is 2. The Morgan fingerprint density at radius 2 is 1.58 bits per heavy atom. The molecule has 174 valence electrons. The van der Waals surface area contributed by atoms with Crippen LogP contribution in [0.25, 0.3) is 0 Å². The molecule has 0 aliphatic rings. The van der Waals surface area contributed by atoms with Crippen molar-refractivity contribution in [3.63, 3.8) is 0 Å². The Labute approximate surface area is 201 Å². The van der Waals surface area contributed by atoms with Crippen LogP contribution in [0.2, 0.25) is 0 Å². The summed E-state index contributed by atoms with van der Waals surface area (Å²) in [6.45, 7) is 9.34. The van der Waals surface area contributed by atoms with E-state index in [2.05, 4.69) is 77.8 Å². The summed E-state index contributed by atoms with van der Waals surface area (Å²) in [4.78, 5) is 7.99. The van der Waals surface area contributed by atoms with Crippen molar-refractivity contribution in [3.05, 3.63) is 64.7 Å². The van der Waals surface area contributed by atoms with E-state index in [0.717, 1.165) is 51.9 Å². The van der Waals surface area contributed by atoms with Gasteiger partial charge in [-0.15, -0.1) is 11.3 Å². The number of azo groups is 1. The lowest BCUT2D eigenvalue weighted by Gasteiger charge is -2.29. The van der Waals surface area contributed by atoms with Crippen LogP contribution in [-0.4, -0.2) is 56.5 Å². The number of hydrazone groups is 1. The van der Waals surface area contributed by atoms with Gasteiger partial charge in [0.25, 0.3) is 0 Å². The zero-order valence-corrected chi connectivity index (χ0v) is 21.2. The van der Waals surface area contributed by atoms with Gasteiger partial charge in [-0.25, -0.2) is 4.98 Å². The Bertz CT molecular complexity index is 1060. The monoisotopic (exact) mass is 464 g/mol. The van der Waals surface area contributed by atoms with Crippen LogP contribution in [0.3, 0.4) is 0 Å². The molecule has 1 aromatic heterocycles. The van der Waals surface area contributed by atoms with Gasteiger partial charge in [-0.3, -0.25) is 5.43 Å². The third-order valence-corrected chi connectivity index (χ3v) is 6.19. The molecule has 0 atom stereocenters. The first kappa shape index (κ1) is 24.5. The molecular weight excluding hydrogens is 430 g/mol. The number of rotatable bonds is 10. The maximum Gasteiger partial charge on any atom is 0.203 e. The zero-order chi connectivity index (χ0) is 23.8. The molecule has 0 radical (unpaired) electrons. The Balaban J connectivity index is 1.55. The van der Waals surface area contributed by atoms with Crippen LogP contribution < -0.4 is 10.3 Å². The molecule has 0 aliphatic carbocycles. The molecule has 0 spiro atoms. The number of likely N-dealkylation sites (N-methyl/N-ethyl adjacent to an activating group) is 2. The van der Waals surface area contributed by atoms with Crippen molar-refractivity contribution in [1.29, 1.82) is 0 Å². The van der Waals surface area contributed by atoms with Crippen LogP contribution in [0.15, 0.2) is 63.9 Å². The molecule has 1 N–H and O–H groups in total. The summed E-state index contributed by atoms with van der Waals surface area (Å²) in [5.41, 5.74) is 7.84. The molecule has 0 saturated carbocycles. The van der Waals surface area contributed by atoms with Gasteiger partial charge in [0.2, 0.25) is 5.13 Å². The normalized spacial score (nSPS) is 12.1. The Morgan fingerprint density at radius 3 is 2.09 bits per heavy atom. The summed E-state index contributed by atoms with van der Waals surface area (Å²) in [6, 6.07) is 16.1. The third-order valence-electron chi connectivity index (χ3n) is 5.21. The first-order valence-corrected chi connectivity index (χ1v) is 12.0. The van der Waals surface area contributed by atoms with Crippen molar-refractivity contribution >= 4 is 39.7 Å². The highest BCUT2D eigenvalue weighted by atomic mass is 32.1. The quantitative estimate of drug-likeness (QED) is 0.169. The highest BCUT2D eigenvalue weighted by Crippen LogP contribution is 2.23. The minimum absolute atomic E-state index is 0.799. The highest BCUT2D eigenvalue weighted by molar-refractivity contribution is 7.15. The van der Waals surface area contributed by atoms with Gasteiger partial charge in [-0.1, -0.05) is 12.1 Å². The molecule has 0 fully saturated rings. The van der Waals surface area contributed by atoms with E-state index in [1.165, 1.54) is 10.6 Å². The molecule has 0 amide bonds. The fraction of sp³-hybridized carbons (Fsp3) is 0.360. The average molecular weight is 465 g/mol. The molecular formula is C25H34N7S+. The van der Waals surface area contributed by atoms with Crippen molar-refractivity contribution in [2.75, 3.05) is 51.1 Å². The number of aromatic nitrogens is 1. The van der Waals surface area contributed by atoms with Crippen LogP contribution in [0, 0.1) is 13.8 Å². The minimum Gasteiger partial charge on any atom is -0.366 e. The summed E-state index contributed by atoms with van der Waals surface area (Å²) < 4.78 is 0.954. The SMILES string of the molecule is CCN(CC[N+](C)(C)C)c1ccc(N=Nc2ccc(/C=N/Nc3nc(C)c(C)s3)cc2)cc1. The number of aryl methyl sites for hydroxylation is 2. The number of anilines is 2. The summed E-state index contributed by atoms with van der Waals surface area (Å²) in [6.07, 6.45) is 1.77. The molecule has 0 unspecified atom stereocenters. The van der Waals surface area contributed by atoms with E-state index in [0.29, 0.717) is 0 Å². The second kappa shape index (κ2) is 11.2. The standard InChI is InChI=1S/C25H34N7S/c1-7-31(16-17-32(4,5)6)24-14-12-23(13-15-24)29-28-22-10-8-21(9-11-22)18-26-30-25-27-19(2)20(3)33-25/h8-15,18H,7,16-17H2,1-6H3,(H,27,30)/q+1/b26-18+,29-28?. The molecule has 3 rings (SSSR count). The maximum atomic E-state index is 4.41. The Hall–Kier alpha value is -3.10. The molecule has 1 heterocycles. The van der Waals surface area contributed by atoms with Crippen LogP contribution in [0.5, 0.6) is 0 Å².